The summed E-state index contributed by atoms with van der Waals surface area (Å²) in [5, 5.41) is 0. The summed E-state index contributed by atoms with van der Waals surface area (Å²) < 4.78 is 45.5. The molecule has 116 valence electrons. The van der Waals surface area contributed by atoms with Crippen molar-refractivity contribution in [1.29, 1.82) is 0 Å². The molecule has 2 N–H and O–H groups in total. The topological polar surface area (TPSA) is 44.5 Å². The Balaban J connectivity index is 0.00000361. The Morgan fingerprint density at radius 1 is 1.25 bits per heavy atom. The quantitative estimate of drug-likeness (QED) is 0.891. The van der Waals surface area contributed by atoms with Gasteiger partial charge in [-0.2, -0.15) is 0 Å². The van der Waals surface area contributed by atoms with Crippen molar-refractivity contribution >= 4 is 12.4 Å². The number of hydrogen-bond acceptors (Lipinski definition) is 3. The molecular formula is C13H19ClF3NO2. The first-order valence-corrected chi connectivity index (χ1v) is 5.92. The lowest BCUT2D eigenvalue weighted by atomic mass is 9.97. The third kappa shape index (κ3) is 5.88. The van der Waals surface area contributed by atoms with Crippen LogP contribution in [0.4, 0.5) is 13.2 Å². The van der Waals surface area contributed by atoms with Gasteiger partial charge in [0, 0.05) is 11.6 Å². The van der Waals surface area contributed by atoms with Crippen molar-refractivity contribution in [2.45, 2.75) is 32.7 Å². The standard InChI is InChI=1S/C13H18F3NO2.ClH/c1-8(2)6-11(17)10-7-9(19-13(14,15)16)4-5-12(10)18-3;/h4-5,7-8,11H,6,17H2,1-3H3;1H/t11-;/m0./s1. The van der Waals surface area contributed by atoms with E-state index < -0.39 is 12.4 Å². The molecule has 0 amide bonds. The summed E-state index contributed by atoms with van der Waals surface area (Å²) in [4.78, 5) is 0. The Kier molecular flexibility index (Phi) is 7.16. The van der Waals surface area contributed by atoms with Crippen LogP contribution in [0, 0.1) is 5.92 Å². The molecule has 0 heterocycles. The van der Waals surface area contributed by atoms with Crippen molar-refractivity contribution in [3.63, 3.8) is 0 Å². The number of hydrogen-bond donors (Lipinski definition) is 1. The molecule has 1 atom stereocenters. The average Bonchev–Trinajstić information content (AvgIpc) is 2.25. The zero-order valence-electron chi connectivity index (χ0n) is 11.5. The molecule has 3 nitrogen and oxygen atoms in total. The largest absolute Gasteiger partial charge is 0.573 e. The number of alkyl halides is 3. The van der Waals surface area contributed by atoms with Crippen molar-refractivity contribution in [3.05, 3.63) is 23.8 Å². The van der Waals surface area contributed by atoms with Crippen LogP contribution in [0.5, 0.6) is 11.5 Å². The first-order valence-electron chi connectivity index (χ1n) is 5.92. The highest BCUT2D eigenvalue weighted by Gasteiger charge is 2.31. The Morgan fingerprint density at radius 2 is 1.85 bits per heavy atom. The maximum absolute atomic E-state index is 12.2. The van der Waals surface area contributed by atoms with Gasteiger partial charge in [-0.1, -0.05) is 13.8 Å². The lowest BCUT2D eigenvalue weighted by Crippen LogP contribution is -2.18. The molecule has 1 aromatic carbocycles. The summed E-state index contributed by atoms with van der Waals surface area (Å²) in [7, 11) is 1.45. The Bertz CT molecular complexity index is 425. The van der Waals surface area contributed by atoms with Crippen molar-refractivity contribution in [2.75, 3.05) is 7.11 Å². The fraction of sp³-hybridized carbons (Fsp3) is 0.538. The maximum Gasteiger partial charge on any atom is 0.573 e. The minimum atomic E-state index is -4.71. The second-order valence-electron chi connectivity index (χ2n) is 4.69. The van der Waals surface area contributed by atoms with Crippen molar-refractivity contribution in [1.82, 2.24) is 0 Å². The van der Waals surface area contributed by atoms with Gasteiger partial charge in [0.2, 0.25) is 0 Å². The van der Waals surface area contributed by atoms with E-state index in [0.29, 0.717) is 23.7 Å². The number of methoxy groups -OCH3 is 1. The smallest absolute Gasteiger partial charge is 0.496 e. The average molecular weight is 314 g/mol. The normalized spacial score (nSPS) is 12.8. The SMILES string of the molecule is COc1ccc(OC(F)(F)F)cc1[C@@H](N)CC(C)C.Cl. The molecule has 0 fully saturated rings. The van der Waals surface area contributed by atoms with Gasteiger partial charge in [-0.05, 0) is 30.5 Å². The van der Waals surface area contributed by atoms with Gasteiger partial charge < -0.3 is 15.2 Å². The zero-order valence-corrected chi connectivity index (χ0v) is 12.3. The summed E-state index contributed by atoms with van der Waals surface area (Å²) in [6.07, 6.45) is -4.07. The third-order valence-corrected chi connectivity index (χ3v) is 2.56. The number of benzene rings is 1. The van der Waals surface area contributed by atoms with E-state index in [9.17, 15) is 13.2 Å². The van der Waals surface area contributed by atoms with E-state index in [1.165, 1.54) is 25.3 Å². The van der Waals surface area contributed by atoms with E-state index in [2.05, 4.69) is 4.74 Å². The Morgan fingerprint density at radius 3 is 2.30 bits per heavy atom. The van der Waals surface area contributed by atoms with Gasteiger partial charge in [-0.3, -0.25) is 0 Å². The number of rotatable bonds is 5. The molecule has 0 aliphatic heterocycles. The highest BCUT2D eigenvalue weighted by molar-refractivity contribution is 5.85. The van der Waals surface area contributed by atoms with Crippen molar-refractivity contribution in [3.8, 4) is 11.5 Å². The molecule has 0 saturated carbocycles. The van der Waals surface area contributed by atoms with E-state index in [1.54, 1.807) is 0 Å². The number of nitrogens with two attached hydrogens (primary N) is 1. The highest BCUT2D eigenvalue weighted by Crippen LogP contribution is 2.33. The van der Waals surface area contributed by atoms with Crippen LogP contribution in [0.3, 0.4) is 0 Å². The number of ether oxygens (including phenoxy) is 2. The zero-order chi connectivity index (χ0) is 14.6. The van der Waals surface area contributed by atoms with E-state index in [4.69, 9.17) is 10.5 Å². The van der Waals surface area contributed by atoms with Crippen LogP contribution in [0.15, 0.2) is 18.2 Å². The first-order chi connectivity index (χ1) is 8.73. The molecule has 1 rings (SSSR count). The summed E-state index contributed by atoms with van der Waals surface area (Å²) in [6.45, 7) is 3.98. The van der Waals surface area contributed by atoms with E-state index in [-0.39, 0.29) is 18.2 Å². The fourth-order valence-corrected chi connectivity index (χ4v) is 1.83. The summed E-state index contributed by atoms with van der Waals surface area (Å²) in [5.41, 5.74) is 6.50. The molecule has 1 aromatic rings. The lowest BCUT2D eigenvalue weighted by molar-refractivity contribution is -0.274. The number of halogens is 4. The van der Waals surface area contributed by atoms with Crippen molar-refractivity contribution < 1.29 is 22.6 Å². The van der Waals surface area contributed by atoms with Crippen LogP contribution in [0.25, 0.3) is 0 Å². The fourth-order valence-electron chi connectivity index (χ4n) is 1.83. The minimum absolute atomic E-state index is 0. The second kappa shape index (κ2) is 7.59. The predicted molar refractivity (Wildman–Crippen MR) is 73.3 cm³/mol. The predicted octanol–water partition coefficient (Wildman–Crippen LogP) is 4.06. The first kappa shape index (κ1) is 18.9. The molecule has 20 heavy (non-hydrogen) atoms. The van der Waals surface area contributed by atoms with Gasteiger partial charge >= 0.3 is 6.36 Å². The van der Waals surface area contributed by atoms with Gasteiger partial charge in [0.25, 0.3) is 0 Å². The molecule has 0 saturated heterocycles. The van der Waals surface area contributed by atoms with E-state index in [1.807, 2.05) is 13.8 Å². The molecule has 0 aromatic heterocycles. The molecular weight excluding hydrogens is 295 g/mol. The van der Waals surface area contributed by atoms with Crippen LogP contribution in [-0.2, 0) is 0 Å². The van der Waals surface area contributed by atoms with Gasteiger partial charge in [-0.15, -0.1) is 25.6 Å². The second-order valence-corrected chi connectivity index (χ2v) is 4.69. The summed E-state index contributed by atoms with van der Waals surface area (Å²) in [6, 6.07) is 3.51. The third-order valence-electron chi connectivity index (χ3n) is 2.56. The van der Waals surface area contributed by atoms with Crippen LogP contribution in [0.1, 0.15) is 31.9 Å². The lowest BCUT2D eigenvalue weighted by Gasteiger charge is -2.19. The van der Waals surface area contributed by atoms with Crippen molar-refractivity contribution in [2.24, 2.45) is 11.7 Å². The maximum atomic E-state index is 12.2. The summed E-state index contributed by atoms with van der Waals surface area (Å²) in [5.74, 6) is 0.497. The minimum Gasteiger partial charge on any atom is -0.496 e. The van der Waals surface area contributed by atoms with Crippen LogP contribution >= 0.6 is 12.4 Å². The molecule has 0 aliphatic rings. The summed E-state index contributed by atoms with van der Waals surface area (Å²) >= 11 is 0. The van der Waals surface area contributed by atoms with Gasteiger partial charge in [0.15, 0.2) is 0 Å². The Hall–Kier alpha value is -1.14. The molecule has 0 bridgehead atoms. The van der Waals surface area contributed by atoms with E-state index in [0.717, 1.165) is 0 Å². The molecule has 7 heteroatoms. The monoisotopic (exact) mass is 313 g/mol. The highest BCUT2D eigenvalue weighted by atomic mass is 35.5. The van der Waals surface area contributed by atoms with Gasteiger partial charge in [-0.25, -0.2) is 0 Å². The molecule has 0 aliphatic carbocycles. The van der Waals surface area contributed by atoms with Crippen LogP contribution < -0.4 is 15.2 Å². The Labute approximate surface area is 122 Å². The molecule has 0 unspecified atom stereocenters. The van der Waals surface area contributed by atoms with Crippen LogP contribution in [0.2, 0.25) is 0 Å². The van der Waals surface area contributed by atoms with Crippen LogP contribution in [-0.4, -0.2) is 13.5 Å². The molecule has 0 spiro atoms. The van der Waals surface area contributed by atoms with E-state index >= 15 is 0 Å². The molecule has 0 radical (unpaired) electrons. The van der Waals surface area contributed by atoms with Gasteiger partial charge in [0.1, 0.15) is 11.5 Å². The van der Waals surface area contributed by atoms with Gasteiger partial charge in [0.05, 0.1) is 7.11 Å².